The third-order valence-corrected chi connectivity index (χ3v) is 12.8. The number of benzene rings is 9. The van der Waals surface area contributed by atoms with Gasteiger partial charge in [-0.3, -0.25) is 0 Å². The Bertz CT molecular complexity index is 3520. The summed E-state index contributed by atoms with van der Waals surface area (Å²) >= 11 is 0. The van der Waals surface area contributed by atoms with Gasteiger partial charge in [-0.15, -0.1) is 0 Å². The van der Waals surface area contributed by atoms with Gasteiger partial charge in [-0.25, -0.2) is 9.97 Å². The van der Waals surface area contributed by atoms with Crippen LogP contribution in [0.4, 0.5) is 0 Å². The van der Waals surface area contributed by atoms with Gasteiger partial charge in [0.25, 0.3) is 0 Å². The summed E-state index contributed by atoms with van der Waals surface area (Å²) in [5, 5.41) is 7.46. The van der Waals surface area contributed by atoms with Gasteiger partial charge in [-0.2, -0.15) is 0 Å². The SMILES string of the molecule is CC1(C)c2ccccc2-c2ccc(-c3ccc4c(c3)c3cc(-c5cccc(-c6nccc(-c7ccccc7)n6)c5)ccc3n4-c3ccc4c(ccc5ccccc54)c3)cc21. The van der Waals surface area contributed by atoms with E-state index in [2.05, 4.69) is 188 Å². The molecule has 2 heterocycles. The molecular formula is C57H39N3. The fourth-order valence-corrected chi connectivity index (χ4v) is 9.79. The Labute approximate surface area is 348 Å². The van der Waals surface area contributed by atoms with Crippen molar-refractivity contribution >= 4 is 43.4 Å². The summed E-state index contributed by atoms with van der Waals surface area (Å²) in [4.78, 5) is 9.68. The molecular weight excluding hydrogens is 727 g/mol. The van der Waals surface area contributed by atoms with Gasteiger partial charge in [-0.1, -0.05) is 153 Å². The minimum atomic E-state index is -0.0686. The zero-order chi connectivity index (χ0) is 40.0. The molecule has 1 aliphatic rings. The molecule has 0 N–H and O–H groups in total. The van der Waals surface area contributed by atoms with Gasteiger partial charge in [0, 0.05) is 39.2 Å². The third kappa shape index (κ3) is 5.36. The highest BCUT2D eigenvalue weighted by atomic mass is 15.0. The molecule has 0 amide bonds. The van der Waals surface area contributed by atoms with E-state index in [0.717, 1.165) is 33.6 Å². The van der Waals surface area contributed by atoms with Crippen molar-refractivity contribution in [3.8, 4) is 61.7 Å². The maximum atomic E-state index is 4.98. The Morgan fingerprint density at radius 2 is 1.03 bits per heavy atom. The molecule has 11 aromatic rings. The molecule has 0 radical (unpaired) electrons. The van der Waals surface area contributed by atoms with Crippen LogP contribution in [0.1, 0.15) is 25.0 Å². The van der Waals surface area contributed by atoms with E-state index in [1.807, 2.05) is 30.5 Å². The van der Waals surface area contributed by atoms with Crippen molar-refractivity contribution in [2.24, 2.45) is 0 Å². The average Bonchev–Trinajstić information content (AvgIpc) is 3.76. The van der Waals surface area contributed by atoms with Crippen molar-refractivity contribution in [1.29, 1.82) is 0 Å². The molecule has 12 rings (SSSR count). The van der Waals surface area contributed by atoms with Gasteiger partial charge >= 0.3 is 0 Å². The van der Waals surface area contributed by atoms with Crippen molar-refractivity contribution in [3.63, 3.8) is 0 Å². The van der Waals surface area contributed by atoms with Gasteiger partial charge in [0.15, 0.2) is 5.82 Å². The molecule has 3 nitrogen and oxygen atoms in total. The molecule has 2 aromatic heterocycles. The summed E-state index contributed by atoms with van der Waals surface area (Å²) in [5.74, 6) is 0.713. The summed E-state index contributed by atoms with van der Waals surface area (Å²) < 4.78 is 2.44. The predicted molar refractivity (Wildman–Crippen MR) is 251 cm³/mol. The quantitative estimate of drug-likeness (QED) is 0.163. The molecule has 0 bridgehead atoms. The van der Waals surface area contributed by atoms with Crippen LogP contribution in [0.15, 0.2) is 200 Å². The summed E-state index contributed by atoms with van der Waals surface area (Å²) in [6.45, 7) is 4.71. The number of hydrogen-bond donors (Lipinski definition) is 0. The lowest BCUT2D eigenvalue weighted by Gasteiger charge is -2.22. The molecule has 0 aliphatic heterocycles. The van der Waals surface area contributed by atoms with E-state index in [4.69, 9.17) is 9.97 Å². The predicted octanol–water partition coefficient (Wildman–Crippen LogP) is 14.9. The van der Waals surface area contributed by atoms with Crippen molar-refractivity contribution in [2.75, 3.05) is 0 Å². The molecule has 0 saturated carbocycles. The second-order valence-corrected chi connectivity index (χ2v) is 16.6. The fourth-order valence-electron chi connectivity index (χ4n) is 9.79. The number of hydrogen-bond acceptors (Lipinski definition) is 2. The van der Waals surface area contributed by atoms with Crippen LogP contribution >= 0.6 is 0 Å². The molecule has 282 valence electrons. The van der Waals surface area contributed by atoms with Gasteiger partial charge in [0.05, 0.1) is 16.7 Å². The number of aromatic nitrogens is 3. The van der Waals surface area contributed by atoms with Gasteiger partial charge in [-0.05, 0) is 121 Å². The molecule has 0 unspecified atom stereocenters. The maximum absolute atomic E-state index is 4.98. The molecule has 1 aliphatic carbocycles. The van der Waals surface area contributed by atoms with Crippen molar-refractivity contribution in [1.82, 2.24) is 14.5 Å². The standard InChI is InChI=1S/C57H39N3/c1-57(2)51-18-9-8-17-47(51)48-25-21-41(35-52(48)57)40-23-28-55-50(34-40)49-33-39(38-14-10-15-43(31-38)56-58-30-29-53(59-56)37-12-4-3-5-13-37)22-27-54(49)60(55)44-24-26-46-42(32-44)20-19-36-11-6-7-16-45(36)46/h3-35H,1-2H3. The number of fused-ring (bicyclic) bond motifs is 9. The summed E-state index contributed by atoms with van der Waals surface area (Å²) in [6, 6.07) is 70.8. The van der Waals surface area contributed by atoms with E-state index in [1.54, 1.807) is 0 Å². The number of nitrogens with zero attached hydrogens (tertiary/aromatic N) is 3. The van der Waals surface area contributed by atoms with E-state index in [9.17, 15) is 0 Å². The van der Waals surface area contributed by atoms with Crippen molar-refractivity contribution < 1.29 is 0 Å². The Kier molecular flexibility index (Phi) is 7.58. The highest BCUT2D eigenvalue weighted by molar-refractivity contribution is 6.13. The molecule has 0 saturated heterocycles. The Morgan fingerprint density at radius 3 is 1.87 bits per heavy atom. The van der Waals surface area contributed by atoms with E-state index in [-0.39, 0.29) is 5.41 Å². The van der Waals surface area contributed by atoms with Crippen LogP contribution < -0.4 is 0 Å². The lowest BCUT2D eigenvalue weighted by atomic mass is 9.81. The lowest BCUT2D eigenvalue weighted by molar-refractivity contribution is 0.660. The Morgan fingerprint density at radius 1 is 0.400 bits per heavy atom. The Hall–Kier alpha value is -7.62. The maximum Gasteiger partial charge on any atom is 0.159 e. The lowest BCUT2D eigenvalue weighted by Crippen LogP contribution is -2.14. The van der Waals surface area contributed by atoms with Crippen LogP contribution in [0.2, 0.25) is 0 Å². The smallest absolute Gasteiger partial charge is 0.159 e. The van der Waals surface area contributed by atoms with E-state index in [0.29, 0.717) is 5.82 Å². The van der Waals surface area contributed by atoms with Crippen LogP contribution in [0.25, 0.3) is 105 Å². The van der Waals surface area contributed by atoms with Crippen molar-refractivity contribution in [2.45, 2.75) is 19.3 Å². The summed E-state index contributed by atoms with van der Waals surface area (Å²) in [6.07, 6.45) is 1.85. The highest BCUT2D eigenvalue weighted by Crippen LogP contribution is 2.50. The van der Waals surface area contributed by atoms with Crippen LogP contribution in [-0.2, 0) is 5.41 Å². The minimum absolute atomic E-state index is 0.0686. The van der Waals surface area contributed by atoms with Crippen LogP contribution in [-0.4, -0.2) is 14.5 Å². The molecule has 3 heteroatoms. The second kappa shape index (κ2) is 13.2. The topological polar surface area (TPSA) is 30.7 Å². The van der Waals surface area contributed by atoms with E-state index >= 15 is 0 Å². The van der Waals surface area contributed by atoms with E-state index < -0.39 is 0 Å². The van der Waals surface area contributed by atoms with Crippen LogP contribution in [0.5, 0.6) is 0 Å². The van der Waals surface area contributed by atoms with E-state index in [1.165, 1.54) is 76.7 Å². The van der Waals surface area contributed by atoms with Gasteiger partial charge in [0.2, 0.25) is 0 Å². The average molecular weight is 766 g/mol. The van der Waals surface area contributed by atoms with Crippen LogP contribution in [0.3, 0.4) is 0 Å². The monoisotopic (exact) mass is 765 g/mol. The first-order valence-corrected chi connectivity index (χ1v) is 20.7. The molecule has 0 atom stereocenters. The molecule has 9 aromatic carbocycles. The normalized spacial score (nSPS) is 13.0. The summed E-state index contributed by atoms with van der Waals surface area (Å²) in [7, 11) is 0. The zero-order valence-corrected chi connectivity index (χ0v) is 33.4. The van der Waals surface area contributed by atoms with Gasteiger partial charge < -0.3 is 4.57 Å². The first-order valence-electron chi connectivity index (χ1n) is 20.7. The molecule has 0 fully saturated rings. The largest absolute Gasteiger partial charge is 0.309 e. The fraction of sp³-hybridized carbons (Fsp3) is 0.0526. The highest BCUT2D eigenvalue weighted by Gasteiger charge is 2.35. The van der Waals surface area contributed by atoms with Crippen molar-refractivity contribution in [3.05, 3.63) is 211 Å². The zero-order valence-electron chi connectivity index (χ0n) is 33.4. The van der Waals surface area contributed by atoms with Gasteiger partial charge in [0.1, 0.15) is 0 Å². The first-order chi connectivity index (χ1) is 29.5. The third-order valence-electron chi connectivity index (χ3n) is 12.8. The molecule has 0 spiro atoms. The van der Waals surface area contributed by atoms with Crippen LogP contribution in [0, 0.1) is 0 Å². The first kappa shape index (κ1) is 34.4. The molecule has 60 heavy (non-hydrogen) atoms. The second-order valence-electron chi connectivity index (χ2n) is 16.6. The summed E-state index contributed by atoms with van der Waals surface area (Å²) in [5.41, 5.74) is 16.6. The Balaban J connectivity index is 1.02. The number of rotatable bonds is 5. The minimum Gasteiger partial charge on any atom is -0.309 e.